The maximum Gasteiger partial charge on any atom is 0.254 e. The molecule has 18 heavy (non-hydrogen) atoms. The fourth-order valence-corrected chi connectivity index (χ4v) is 1.71. The molecule has 2 aromatic rings. The smallest absolute Gasteiger partial charge is 0.254 e. The summed E-state index contributed by atoms with van der Waals surface area (Å²) in [4.78, 5) is 19.0. The van der Waals surface area contributed by atoms with Gasteiger partial charge in [0, 0.05) is 17.0 Å². The summed E-state index contributed by atoms with van der Waals surface area (Å²) in [5.41, 5.74) is 1.77. The van der Waals surface area contributed by atoms with Crippen molar-refractivity contribution in [1.29, 1.82) is 0 Å². The molecule has 0 saturated heterocycles. The molecule has 3 nitrogen and oxygen atoms in total. The lowest BCUT2D eigenvalue weighted by Crippen LogP contribution is -2.16. The van der Waals surface area contributed by atoms with Gasteiger partial charge in [-0.25, -0.2) is 9.37 Å². The lowest BCUT2D eigenvalue weighted by Gasteiger charge is -2.09. The Kier molecular flexibility index (Phi) is 3.28. The van der Waals surface area contributed by atoms with E-state index in [2.05, 4.69) is 9.97 Å². The first kappa shape index (κ1) is 12.5. The predicted octanol–water partition coefficient (Wildman–Crippen LogP) is 3.01. The summed E-state index contributed by atoms with van der Waals surface area (Å²) in [5.74, 6) is 0.479. The van der Waals surface area contributed by atoms with Crippen LogP contribution in [0.1, 0.15) is 31.2 Å². The number of hydrogen-bond acceptors (Lipinski definition) is 2. The maximum atomic E-state index is 12.9. The van der Waals surface area contributed by atoms with E-state index < -0.39 is 0 Å². The minimum Gasteiger partial charge on any atom is -0.310 e. The van der Waals surface area contributed by atoms with E-state index in [9.17, 15) is 9.18 Å². The van der Waals surface area contributed by atoms with Gasteiger partial charge in [0.15, 0.2) is 0 Å². The van der Waals surface area contributed by atoms with Gasteiger partial charge in [0.25, 0.3) is 5.56 Å². The highest BCUT2D eigenvalue weighted by atomic mass is 19.1. The van der Waals surface area contributed by atoms with E-state index in [-0.39, 0.29) is 17.3 Å². The standard InChI is InChI=1S/C14H15FN2O/c1-8(2)13-16-12(9(3)14(18)17-13)10-4-6-11(15)7-5-10/h4-8H,1-3H3,(H,16,17,18). The van der Waals surface area contributed by atoms with Gasteiger partial charge in [-0.05, 0) is 31.2 Å². The molecule has 0 aliphatic rings. The number of aromatic nitrogens is 2. The summed E-state index contributed by atoms with van der Waals surface area (Å²) in [6.07, 6.45) is 0. The van der Waals surface area contributed by atoms with Crippen LogP contribution in [0, 0.1) is 12.7 Å². The van der Waals surface area contributed by atoms with Crippen molar-refractivity contribution in [2.75, 3.05) is 0 Å². The third-order valence-electron chi connectivity index (χ3n) is 2.83. The van der Waals surface area contributed by atoms with Gasteiger partial charge in [-0.2, -0.15) is 0 Å². The van der Waals surface area contributed by atoms with Gasteiger partial charge >= 0.3 is 0 Å². The van der Waals surface area contributed by atoms with Gasteiger partial charge < -0.3 is 4.98 Å². The van der Waals surface area contributed by atoms with Crippen molar-refractivity contribution in [3.05, 3.63) is 51.8 Å². The van der Waals surface area contributed by atoms with Gasteiger partial charge in [0.1, 0.15) is 11.6 Å². The second-order valence-corrected chi connectivity index (χ2v) is 4.59. The number of benzene rings is 1. The monoisotopic (exact) mass is 246 g/mol. The van der Waals surface area contributed by atoms with E-state index in [1.54, 1.807) is 19.1 Å². The van der Waals surface area contributed by atoms with Crippen LogP contribution in [0.15, 0.2) is 29.1 Å². The highest BCUT2D eigenvalue weighted by Gasteiger charge is 2.11. The first-order chi connectivity index (χ1) is 8.49. The van der Waals surface area contributed by atoms with Crippen LogP contribution in [-0.2, 0) is 0 Å². The number of H-pyrrole nitrogens is 1. The first-order valence-corrected chi connectivity index (χ1v) is 5.86. The average Bonchev–Trinajstić information content (AvgIpc) is 2.33. The van der Waals surface area contributed by atoms with Gasteiger partial charge in [0.2, 0.25) is 0 Å². The molecule has 1 aromatic carbocycles. The predicted molar refractivity (Wildman–Crippen MR) is 69.1 cm³/mol. The quantitative estimate of drug-likeness (QED) is 0.885. The van der Waals surface area contributed by atoms with Gasteiger partial charge in [-0.15, -0.1) is 0 Å². The molecule has 0 unspecified atom stereocenters. The summed E-state index contributed by atoms with van der Waals surface area (Å²) in [7, 11) is 0. The van der Waals surface area contributed by atoms with E-state index in [4.69, 9.17) is 0 Å². The van der Waals surface area contributed by atoms with Crippen molar-refractivity contribution >= 4 is 0 Å². The molecule has 4 heteroatoms. The summed E-state index contributed by atoms with van der Waals surface area (Å²) in [5, 5.41) is 0. The minimum atomic E-state index is -0.301. The topological polar surface area (TPSA) is 45.8 Å². The van der Waals surface area contributed by atoms with Crippen LogP contribution < -0.4 is 5.56 Å². The Hall–Kier alpha value is -1.97. The molecule has 1 aromatic heterocycles. The molecule has 1 heterocycles. The molecular weight excluding hydrogens is 231 g/mol. The van der Waals surface area contributed by atoms with E-state index in [1.807, 2.05) is 13.8 Å². The van der Waals surface area contributed by atoms with Gasteiger partial charge in [0.05, 0.1) is 5.69 Å². The third kappa shape index (κ3) is 2.32. The molecule has 0 saturated carbocycles. The van der Waals surface area contributed by atoms with Crippen LogP contribution in [0.25, 0.3) is 11.3 Å². The average molecular weight is 246 g/mol. The highest BCUT2D eigenvalue weighted by molar-refractivity contribution is 5.62. The zero-order valence-corrected chi connectivity index (χ0v) is 10.6. The van der Waals surface area contributed by atoms with Gasteiger partial charge in [-0.1, -0.05) is 13.8 Å². The maximum absolute atomic E-state index is 12.9. The molecule has 0 atom stereocenters. The van der Waals surface area contributed by atoms with Crippen LogP contribution in [0.2, 0.25) is 0 Å². The second-order valence-electron chi connectivity index (χ2n) is 4.59. The normalized spacial score (nSPS) is 10.9. The Morgan fingerprint density at radius 1 is 1.22 bits per heavy atom. The number of aromatic amines is 1. The first-order valence-electron chi connectivity index (χ1n) is 5.86. The van der Waals surface area contributed by atoms with Crippen molar-refractivity contribution in [3.8, 4) is 11.3 Å². The third-order valence-corrected chi connectivity index (χ3v) is 2.83. The molecule has 0 bridgehead atoms. The van der Waals surface area contributed by atoms with Crippen LogP contribution in [-0.4, -0.2) is 9.97 Å². The molecule has 0 amide bonds. The Bertz CT molecular complexity index is 615. The van der Waals surface area contributed by atoms with Crippen molar-refractivity contribution in [3.63, 3.8) is 0 Å². The summed E-state index contributed by atoms with van der Waals surface area (Å²) < 4.78 is 12.9. The highest BCUT2D eigenvalue weighted by Crippen LogP contribution is 2.20. The lowest BCUT2D eigenvalue weighted by molar-refractivity contribution is 0.628. The molecule has 0 radical (unpaired) electrons. The zero-order valence-electron chi connectivity index (χ0n) is 10.6. The largest absolute Gasteiger partial charge is 0.310 e. The summed E-state index contributed by atoms with van der Waals surface area (Å²) in [6, 6.07) is 6.00. The number of rotatable bonds is 2. The van der Waals surface area contributed by atoms with Crippen molar-refractivity contribution in [2.24, 2.45) is 0 Å². The zero-order chi connectivity index (χ0) is 13.3. The fraction of sp³-hybridized carbons (Fsp3) is 0.286. The molecule has 2 rings (SSSR count). The van der Waals surface area contributed by atoms with Crippen LogP contribution in [0.3, 0.4) is 0 Å². The van der Waals surface area contributed by atoms with Crippen LogP contribution in [0.4, 0.5) is 4.39 Å². The van der Waals surface area contributed by atoms with Crippen LogP contribution in [0.5, 0.6) is 0 Å². The molecule has 0 aliphatic heterocycles. The van der Waals surface area contributed by atoms with Crippen molar-refractivity contribution in [1.82, 2.24) is 9.97 Å². The van der Waals surface area contributed by atoms with E-state index in [1.165, 1.54) is 12.1 Å². The minimum absolute atomic E-state index is 0.137. The number of halogens is 1. The number of hydrogen-bond donors (Lipinski definition) is 1. The SMILES string of the molecule is Cc1c(-c2ccc(F)cc2)nc(C(C)C)[nH]c1=O. The Balaban J connectivity index is 2.63. The lowest BCUT2D eigenvalue weighted by atomic mass is 10.1. The Morgan fingerprint density at radius 3 is 2.39 bits per heavy atom. The van der Waals surface area contributed by atoms with E-state index in [0.717, 1.165) is 5.56 Å². The number of nitrogens with one attached hydrogen (secondary N) is 1. The molecule has 0 aliphatic carbocycles. The Labute approximate surface area is 105 Å². The van der Waals surface area contributed by atoms with E-state index >= 15 is 0 Å². The molecule has 0 spiro atoms. The van der Waals surface area contributed by atoms with Crippen molar-refractivity contribution in [2.45, 2.75) is 26.7 Å². The number of nitrogens with zero attached hydrogens (tertiary/aromatic N) is 1. The van der Waals surface area contributed by atoms with Gasteiger partial charge in [-0.3, -0.25) is 4.79 Å². The van der Waals surface area contributed by atoms with Crippen molar-refractivity contribution < 1.29 is 4.39 Å². The molecule has 1 N–H and O–H groups in total. The molecular formula is C14H15FN2O. The molecule has 94 valence electrons. The molecule has 0 fully saturated rings. The Morgan fingerprint density at radius 2 is 1.83 bits per heavy atom. The second kappa shape index (κ2) is 4.72. The fourth-order valence-electron chi connectivity index (χ4n) is 1.71. The van der Waals surface area contributed by atoms with E-state index in [0.29, 0.717) is 17.1 Å². The van der Waals surface area contributed by atoms with Crippen LogP contribution >= 0.6 is 0 Å². The summed E-state index contributed by atoms with van der Waals surface area (Å²) in [6.45, 7) is 5.64. The summed E-state index contributed by atoms with van der Waals surface area (Å²) >= 11 is 0.